The number of hydrogen-bond donors (Lipinski definition) is 3. The minimum Gasteiger partial charge on any atom is -1.00 e. The Morgan fingerprint density at radius 2 is 1.33 bits per heavy atom. The van der Waals surface area contributed by atoms with Crippen LogP contribution in [0.4, 0.5) is 0 Å². The maximum Gasteiger partial charge on any atom is 1.00 e. The Bertz CT molecular complexity index is 60.2. The predicted molar refractivity (Wildman–Crippen MR) is 16.5 cm³/mol. The van der Waals surface area contributed by atoms with Gasteiger partial charge in [0.05, 0.1) is 0 Å². The first-order chi connectivity index (χ1) is 2.00. The maximum atomic E-state index is 8.88. The van der Waals surface area contributed by atoms with Crippen molar-refractivity contribution in [2.45, 2.75) is 0 Å². The molecular weight excluding hydrogens is 134 g/mol. The molecular formula is H5KO4P-. The van der Waals surface area contributed by atoms with Crippen LogP contribution in [0.5, 0.6) is 0 Å². The molecule has 0 aliphatic carbocycles. The maximum absolute atomic E-state index is 8.88. The standard InChI is InChI=1S/K.H3O4P.2H/c;1-5(2,3)4;;/h;(H3,1,2,3,4);;/q+1;;2*-1. The summed E-state index contributed by atoms with van der Waals surface area (Å²) in [5.74, 6) is 0. The van der Waals surface area contributed by atoms with Gasteiger partial charge in [0.25, 0.3) is 0 Å². The zero-order chi connectivity index (χ0) is 4.50. The third-order valence-corrected chi connectivity index (χ3v) is 0. The molecule has 0 heterocycles. The van der Waals surface area contributed by atoms with Crippen LogP contribution < -0.4 is 51.4 Å². The van der Waals surface area contributed by atoms with Crippen molar-refractivity contribution in [1.82, 2.24) is 0 Å². The van der Waals surface area contributed by atoms with Crippen molar-refractivity contribution < 1.29 is 73.5 Å². The zero-order valence-electron chi connectivity index (χ0n) is 5.20. The third kappa shape index (κ3) is 42.4. The first-order valence-corrected chi connectivity index (χ1v) is 2.35. The summed E-state index contributed by atoms with van der Waals surface area (Å²) in [5.41, 5.74) is 0. The molecule has 0 aromatic carbocycles. The molecule has 0 saturated carbocycles. The topological polar surface area (TPSA) is 77.8 Å². The Hall–Kier alpha value is 1.75. The normalized spacial score (nSPS) is 9.83. The second kappa shape index (κ2) is 3.71. The van der Waals surface area contributed by atoms with Gasteiger partial charge in [-0.05, 0) is 0 Å². The van der Waals surface area contributed by atoms with E-state index >= 15 is 0 Å². The quantitative estimate of drug-likeness (QED) is 0.238. The van der Waals surface area contributed by atoms with Crippen LogP contribution in [0.2, 0.25) is 0 Å². The van der Waals surface area contributed by atoms with Crippen molar-refractivity contribution in [2.75, 3.05) is 0 Å². The molecule has 0 atom stereocenters. The Morgan fingerprint density at radius 1 is 1.33 bits per heavy atom. The Balaban J connectivity index is -0.0000000267. The SMILES string of the molecule is O=P(O)(O)O.[H-].[H-].[K+]. The van der Waals surface area contributed by atoms with Crippen LogP contribution in [0.3, 0.4) is 0 Å². The van der Waals surface area contributed by atoms with Gasteiger partial charge in [0.1, 0.15) is 0 Å². The van der Waals surface area contributed by atoms with E-state index in [2.05, 4.69) is 0 Å². The fourth-order valence-corrected chi connectivity index (χ4v) is 0. The van der Waals surface area contributed by atoms with Crippen LogP contribution in [-0.4, -0.2) is 14.7 Å². The molecule has 0 aliphatic heterocycles. The molecule has 0 bridgehead atoms. The van der Waals surface area contributed by atoms with Gasteiger partial charge in [0.2, 0.25) is 0 Å². The van der Waals surface area contributed by atoms with Gasteiger partial charge in [-0.25, -0.2) is 4.57 Å². The van der Waals surface area contributed by atoms with E-state index in [1.165, 1.54) is 0 Å². The van der Waals surface area contributed by atoms with Gasteiger partial charge in [-0.2, -0.15) is 0 Å². The van der Waals surface area contributed by atoms with Crippen molar-refractivity contribution in [1.29, 1.82) is 0 Å². The van der Waals surface area contributed by atoms with E-state index in [0.717, 1.165) is 0 Å². The molecule has 0 amide bonds. The van der Waals surface area contributed by atoms with Crippen LogP contribution in [0.15, 0.2) is 0 Å². The smallest absolute Gasteiger partial charge is 1.00 e. The van der Waals surface area contributed by atoms with Crippen molar-refractivity contribution in [2.24, 2.45) is 0 Å². The molecule has 0 unspecified atom stereocenters. The number of hydrogen-bond acceptors (Lipinski definition) is 1. The molecule has 0 aliphatic rings. The molecule has 4 nitrogen and oxygen atoms in total. The minimum absolute atomic E-state index is 0. The van der Waals surface area contributed by atoms with Gasteiger partial charge in [-0.15, -0.1) is 0 Å². The second-order valence-electron chi connectivity index (χ2n) is 0.513. The average molecular weight is 139 g/mol. The summed E-state index contributed by atoms with van der Waals surface area (Å²) in [6.07, 6.45) is 0. The molecule has 3 N–H and O–H groups in total. The van der Waals surface area contributed by atoms with E-state index in [0.29, 0.717) is 0 Å². The van der Waals surface area contributed by atoms with E-state index in [1.54, 1.807) is 0 Å². The summed E-state index contributed by atoms with van der Waals surface area (Å²) < 4.78 is 8.88. The van der Waals surface area contributed by atoms with Gasteiger partial charge >= 0.3 is 59.2 Å². The van der Waals surface area contributed by atoms with E-state index in [9.17, 15) is 0 Å². The molecule has 0 aromatic rings. The first-order valence-electron chi connectivity index (χ1n) is 0.783. The molecule has 0 fully saturated rings. The van der Waals surface area contributed by atoms with Crippen molar-refractivity contribution in [3.63, 3.8) is 0 Å². The van der Waals surface area contributed by atoms with Gasteiger partial charge in [-0.1, -0.05) is 0 Å². The van der Waals surface area contributed by atoms with Gasteiger partial charge in [0.15, 0.2) is 0 Å². The van der Waals surface area contributed by atoms with Crippen molar-refractivity contribution in [3.05, 3.63) is 0 Å². The monoisotopic (exact) mass is 139 g/mol. The van der Waals surface area contributed by atoms with Gasteiger partial charge < -0.3 is 17.5 Å². The van der Waals surface area contributed by atoms with Gasteiger partial charge in [-0.3, -0.25) is 0 Å². The Labute approximate surface area is 80.2 Å². The second-order valence-corrected chi connectivity index (χ2v) is 1.54. The molecule has 0 saturated heterocycles. The average Bonchev–Trinajstić information content (AvgIpc) is 0.722. The molecule has 6 heavy (non-hydrogen) atoms. The largest absolute Gasteiger partial charge is 1.00 e. The molecule has 0 radical (unpaired) electrons. The summed E-state index contributed by atoms with van der Waals surface area (Å²) in [6, 6.07) is 0. The first kappa shape index (κ1) is 10.7. The van der Waals surface area contributed by atoms with Crippen molar-refractivity contribution in [3.8, 4) is 0 Å². The summed E-state index contributed by atoms with van der Waals surface area (Å²) in [6.45, 7) is 0. The van der Waals surface area contributed by atoms with Gasteiger partial charge in [0, 0.05) is 0 Å². The summed E-state index contributed by atoms with van der Waals surface area (Å²) >= 11 is 0. The van der Waals surface area contributed by atoms with E-state index in [4.69, 9.17) is 19.2 Å². The van der Waals surface area contributed by atoms with Crippen LogP contribution in [0, 0.1) is 0 Å². The minimum atomic E-state index is -4.64. The fourth-order valence-electron chi connectivity index (χ4n) is 0. The van der Waals surface area contributed by atoms with Crippen LogP contribution in [0.25, 0.3) is 0 Å². The number of phosphoric acid groups is 1. The summed E-state index contributed by atoms with van der Waals surface area (Å²) in [5, 5.41) is 0. The summed E-state index contributed by atoms with van der Waals surface area (Å²) in [7, 11) is -4.64. The summed E-state index contributed by atoms with van der Waals surface area (Å²) in [4.78, 5) is 21.6. The molecule has 0 rings (SSSR count). The molecule has 6 heteroatoms. The molecule has 0 aromatic heterocycles. The number of rotatable bonds is 0. The molecule has 36 valence electrons. The zero-order valence-corrected chi connectivity index (χ0v) is 7.21. The van der Waals surface area contributed by atoms with E-state index in [1.807, 2.05) is 0 Å². The predicted octanol–water partition coefficient (Wildman–Crippen LogP) is -3.70. The molecule has 0 spiro atoms. The van der Waals surface area contributed by atoms with Crippen molar-refractivity contribution >= 4 is 7.82 Å². The third-order valence-electron chi connectivity index (χ3n) is 0. The fraction of sp³-hybridized carbons (Fsp3) is 0. The van der Waals surface area contributed by atoms with E-state index < -0.39 is 7.82 Å². The van der Waals surface area contributed by atoms with E-state index in [-0.39, 0.29) is 54.2 Å². The van der Waals surface area contributed by atoms with Crippen LogP contribution in [-0.2, 0) is 4.57 Å². The van der Waals surface area contributed by atoms with Crippen LogP contribution >= 0.6 is 7.82 Å². The van der Waals surface area contributed by atoms with Crippen LogP contribution in [0.1, 0.15) is 2.85 Å². The Morgan fingerprint density at radius 3 is 1.33 bits per heavy atom. The Kier molecular flexibility index (Phi) is 6.61.